The van der Waals surface area contributed by atoms with Crippen LogP contribution in [-0.2, 0) is 14.8 Å². The molecule has 1 heterocycles. The SMILES string of the molecule is COC(=O)N1CCN(S(=O)(=O)c2cccc(OC)c2)CC1. The molecule has 0 N–H and O–H groups in total. The third-order valence-corrected chi connectivity index (χ3v) is 5.25. The Hall–Kier alpha value is -1.80. The van der Waals surface area contributed by atoms with E-state index >= 15 is 0 Å². The number of rotatable bonds is 3. The fourth-order valence-electron chi connectivity index (χ4n) is 2.15. The third kappa shape index (κ3) is 3.27. The van der Waals surface area contributed by atoms with Gasteiger partial charge in [0.1, 0.15) is 5.75 Å². The molecule has 1 fully saturated rings. The molecule has 0 radical (unpaired) electrons. The molecule has 0 aliphatic carbocycles. The quantitative estimate of drug-likeness (QED) is 0.823. The van der Waals surface area contributed by atoms with E-state index in [0.29, 0.717) is 18.8 Å². The van der Waals surface area contributed by atoms with Crippen LogP contribution in [0.5, 0.6) is 5.75 Å². The Labute approximate surface area is 124 Å². The summed E-state index contributed by atoms with van der Waals surface area (Å²) in [6, 6.07) is 6.34. The number of sulfonamides is 1. The van der Waals surface area contributed by atoms with Gasteiger partial charge in [-0.05, 0) is 12.1 Å². The zero-order valence-corrected chi connectivity index (χ0v) is 12.8. The number of hydrogen-bond acceptors (Lipinski definition) is 5. The van der Waals surface area contributed by atoms with Gasteiger partial charge in [0.2, 0.25) is 10.0 Å². The van der Waals surface area contributed by atoms with Gasteiger partial charge in [0.05, 0.1) is 19.1 Å². The average molecular weight is 314 g/mol. The zero-order valence-electron chi connectivity index (χ0n) is 12.0. The second kappa shape index (κ2) is 6.31. The van der Waals surface area contributed by atoms with Crippen molar-refractivity contribution >= 4 is 16.1 Å². The van der Waals surface area contributed by atoms with Crippen LogP contribution in [0.4, 0.5) is 4.79 Å². The van der Waals surface area contributed by atoms with Gasteiger partial charge in [-0.1, -0.05) is 6.07 Å². The fourth-order valence-corrected chi connectivity index (χ4v) is 3.61. The Kier molecular flexibility index (Phi) is 4.69. The highest BCUT2D eigenvalue weighted by Crippen LogP contribution is 2.21. The van der Waals surface area contributed by atoms with Crippen molar-refractivity contribution in [2.45, 2.75) is 4.90 Å². The summed E-state index contributed by atoms with van der Waals surface area (Å²) in [5.41, 5.74) is 0. The van der Waals surface area contributed by atoms with Crippen molar-refractivity contribution in [3.63, 3.8) is 0 Å². The molecule has 21 heavy (non-hydrogen) atoms. The number of methoxy groups -OCH3 is 2. The molecule has 7 nitrogen and oxygen atoms in total. The monoisotopic (exact) mass is 314 g/mol. The first-order valence-electron chi connectivity index (χ1n) is 6.46. The first-order valence-corrected chi connectivity index (χ1v) is 7.90. The molecular weight excluding hydrogens is 296 g/mol. The van der Waals surface area contributed by atoms with Gasteiger partial charge in [-0.15, -0.1) is 0 Å². The number of amides is 1. The molecule has 2 rings (SSSR count). The van der Waals surface area contributed by atoms with Crippen molar-refractivity contribution in [1.82, 2.24) is 9.21 Å². The molecule has 0 bridgehead atoms. The van der Waals surface area contributed by atoms with E-state index in [1.54, 1.807) is 12.1 Å². The maximum Gasteiger partial charge on any atom is 0.409 e. The van der Waals surface area contributed by atoms with E-state index in [4.69, 9.17) is 4.74 Å². The summed E-state index contributed by atoms with van der Waals surface area (Å²) < 4.78 is 36.1. The molecule has 0 unspecified atom stereocenters. The Bertz CT molecular complexity index is 609. The lowest BCUT2D eigenvalue weighted by Crippen LogP contribution is -2.50. The van der Waals surface area contributed by atoms with Crippen molar-refractivity contribution in [2.75, 3.05) is 40.4 Å². The van der Waals surface area contributed by atoms with E-state index < -0.39 is 16.1 Å². The van der Waals surface area contributed by atoms with Crippen molar-refractivity contribution in [1.29, 1.82) is 0 Å². The van der Waals surface area contributed by atoms with Crippen LogP contribution >= 0.6 is 0 Å². The molecule has 0 saturated carbocycles. The first-order chi connectivity index (χ1) is 9.98. The van der Waals surface area contributed by atoms with Gasteiger partial charge in [0.15, 0.2) is 0 Å². The standard InChI is InChI=1S/C13H18N2O5S/c1-19-11-4-3-5-12(10-11)21(17,18)15-8-6-14(7-9-15)13(16)20-2/h3-5,10H,6-9H2,1-2H3. The molecule has 8 heteroatoms. The molecule has 0 aromatic heterocycles. The topological polar surface area (TPSA) is 76.2 Å². The lowest BCUT2D eigenvalue weighted by Gasteiger charge is -2.33. The number of carbonyl (C=O) groups excluding carboxylic acids is 1. The van der Waals surface area contributed by atoms with Gasteiger partial charge in [0.25, 0.3) is 0 Å². The second-order valence-electron chi connectivity index (χ2n) is 4.54. The summed E-state index contributed by atoms with van der Waals surface area (Å²) in [4.78, 5) is 13.1. The Morgan fingerprint density at radius 3 is 2.38 bits per heavy atom. The van der Waals surface area contributed by atoms with Gasteiger partial charge in [-0.25, -0.2) is 13.2 Å². The van der Waals surface area contributed by atoms with E-state index in [1.807, 2.05) is 0 Å². The van der Waals surface area contributed by atoms with Gasteiger partial charge in [0, 0.05) is 32.2 Å². The average Bonchev–Trinajstić information content (AvgIpc) is 2.54. The van der Waals surface area contributed by atoms with Crippen molar-refractivity contribution in [3.8, 4) is 5.75 Å². The number of carbonyl (C=O) groups is 1. The number of piperazine rings is 1. The number of hydrogen-bond donors (Lipinski definition) is 0. The van der Waals surface area contributed by atoms with Crippen molar-refractivity contribution in [3.05, 3.63) is 24.3 Å². The maximum absolute atomic E-state index is 12.5. The van der Waals surface area contributed by atoms with Crippen molar-refractivity contribution in [2.24, 2.45) is 0 Å². The smallest absolute Gasteiger partial charge is 0.409 e. The van der Waals surface area contributed by atoms with Crippen LogP contribution in [0.1, 0.15) is 0 Å². The predicted molar refractivity (Wildman–Crippen MR) is 75.7 cm³/mol. The minimum absolute atomic E-state index is 0.188. The molecule has 116 valence electrons. The highest BCUT2D eigenvalue weighted by Gasteiger charge is 2.30. The summed E-state index contributed by atoms with van der Waals surface area (Å²) >= 11 is 0. The van der Waals surface area contributed by atoms with Crippen LogP contribution in [0.25, 0.3) is 0 Å². The molecule has 1 amide bonds. The molecule has 1 aromatic rings. The number of ether oxygens (including phenoxy) is 2. The highest BCUT2D eigenvalue weighted by atomic mass is 32.2. The molecule has 1 saturated heterocycles. The lowest BCUT2D eigenvalue weighted by molar-refractivity contribution is 0.108. The van der Waals surface area contributed by atoms with Gasteiger partial charge in [-0.3, -0.25) is 0 Å². The second-order valence-corrected chi connectivity index (χ2v) is 6.48. The molecule has 1 aliphatic heterocycles. The minimum Gasteiger partial charge on any atom is -0.497 e. The van der Waals surface area contributed by atoms with Crippen LogP contribution in [0, 0.1) is 0 Å². The van der Waals surface area contributed by atoms with Crippen molar-refractivity contribution < 1.29 is 22.7 Å². The zero-order chi connectivity index (χ0) is 15.5. The van der Waals surface area contributed by atoms with Crippen LogP contribution < -0.4 is 4.74 Å². The van der Waals surface area contributed by atoms with E-state index in [-0.39, 0.29) is 18.0 Å². The van der Waals surface area contributed by atoms with Crippen LogP contribution in [0.2, 0.25) is 0 Å². The summed E-state index contributed by atoms with van der Waals surface area (Å²) in [5, 5.41) is 0. The Balaban J connectivity index is 2.12. The van der Waals surface area contributed by atoms with Gasteiger partial charge >= 0.3 is 6.09 Å². The van der Waals surface area contributed by atoms with E-state index in [0.717, 1.165) is 0 Å². The number of benzene rings is 1. The first kappa shape index (κ1) is 15.6. The van der Waals surface area contributed by atoms with E-state index in [1.165, 1.54) is 35.6 Å². The summed E-state index contributed by atoms with van der Waals surface area (Å²) in [6.45, 7) is 1.12. The van der Waals surface area contributed by atoms with Crippen LogP contribution in [-0.4, -0.2) is 64.1 Å². The molecule has 1 aromatic carbocycles. The van der Waals surface area contributed by atoms with E-state index in [2.05, 4.69) is 4.74 Å². The summed E-state index contributed by atoms with van der Waals surface area (Å²) in [6.07, 6.45) is -0.437. The Morgan fingerprint density at radius 1 is 1.14 bits per heavy atom. The highest BCUT2D eigenvalue weighted by molar-refractivity contribution is 7.89. The molecule has 0 atom stereocenters. The predicted octanol–water partition coefficient (Wildman–Crippen LogP) is 0.768. The lowest BCUT2D eigenvalue weighted by atomic mass is 10.3. The maximum atomic E-state index is 12.5. The summed E-state index contributed by atoms with van der Waals surface area (Å²) in [7, 11) is -0.782. The molecule has 1 aliphatic rings. The largest absolute Gasteiger partial charge is 0.497 e. The fraction of sp³-hybridized carbons (Fsp3) is 0.462. The molecule has 0 spiro atoms. The van der Waals surface area contributed by atoms with Crippen LogP contribution in [0.15, 0.2) is 29.2 Å². The number of nitrogens with zero attached hydrogens (tertiary/aromatic N) is 2. The normalized spacial score (nSPS) is 16.6. The third-order valence-electron chi connectivity index (χ3n) is 3.35. The minimum atomic E-state index is -3.58. The van der Waals surface area contributed by atoms with E-state index in [9.17, 15) is 13.2 Å². The summed E-state index contributed by atoms with van der Waals surface area (Å²) in [5.74, 6) is 0.490. The molecular formula is C13H18N2O5S. The van der Waals surface area contributed by atoms with Crippen LogP contribution in [0.3, 0.4) is 0 Å². The van der Waals surface area contributed by atoms with Gasteiger partial charge < -0.3 is 14.4 Å². The Morgan fingerprint density at radius 2 is 1.81 bits per heavy atom. The van der Waals surface area contributed by atoms with Gasteiger partial charge in [-0.2, -0.15) is 4.31 Å².